The maximum atomic E-state index is 12.3. The van der Waals surface area contributed by atoms with Gasteiger partial charge in [-0.25, -0.2) is 0 Å². The number of carbonyl (C=O) groups excluding carboxylic acids is 2. The number of amides is 2. The minimum Gasteiger partial charge on any atom is -0.351 e. The van der Waals surface area contributed by atoms with Crippen LogP contribution in [0.15, 0.2) is 70.5 Å². The largest absolute Gasteiger partial charge is 0.351 e. The van der Waals surface area contributed by atoms with Crippen molar-refractivity contribution in [2.75, 3.05) is 18.4 Å². The van der Waals surface area contributed by atoms with Gasteiger partial charge in [-0.3, -0.25) is 14.5 Å². The molecule has 0 unspecified atom stereocenters. The highest BCUT2D eigenvalue weighted by Gasteiger charge is 2.21. The molecule has 1 aliphatic rings. The highest BCUT2D eigenvalue weighted by molar-refractivity contribution is 8.04. The van der Waals surface area contributed by atoms with Crippen LogP contribution >= 0.6 is 11.8 Å². The lowest BCUT2D eigenvalue weighted by molar-refractivity contribution is -0.117. The van der Waals surface area contributed by atoms with Gasteiger partial charge in [0.15, 0.2) is 0 Å². The Hall–Kier alpha value is -2.57. The minimum absolute atomic E-state index is 0.244. The van der Waals surface area contributed by atoms with Crippen LogP contribution in [-0.2, 0) is 16.1 Å². The first kappa shape index (κ1) is 20.2. The Kier molecular flexibility index (Phi) is 6.90. The average molecular weight is 396 g/mol. The van der Waals surface area contributed by atoms with Crippen molar-refractivity contribution in [3.63, 3.8) is 0 Å². The molecule has 0 aromatic heterocycles. The minimum atomic E-state index is -0.250. The lowest BCUT2D eigenvalue weighted by Gasteiger charge is -2.26. The summed E-state index contributed by atoms with van der Waals surface area (Å²) < 4.78 is 0. The predicted molar refractivity (Wildman–Crippen MR) is 114 cm³/mol. The Morgan fingerprint density at radius 2 is 1.86 bits per heavy atom. The van der Waals surface area contributed by atoms with Crippen molar-refractivity contribution >= 4 is 29.3 Å². The van der Waals surface area contributed by atoms with Crippen molar-refractivity contribution in [1.82, 2.24) is 10.2 Å². The van der Waals surface area contributed by atoms with Gasteiger partial charge in [0, 0.05) is 36.6 Å². The zero-order valence-corrected chi connectivity index (χ0v) is 17.0. The zero-order chi connectivity index (χ0) is 19.9. The van der Waals surface area contributed by atoms with Gasteiger partial charge in [-0.05, 0) is 31.5 Å². The van der Waals surface area contributed by atoms with Crippen molar-refractivity contribution in [3.8, 4) is 0 Å². The van der Waals surface area contributed by atoms with Crippen LogP contribution in [0.3, 0.4) is 0 Å². The molecular formula is C22H25N3O2S. The molecule has 2 aromatic carbocycles. The molecule has 3 rings (SSSR count). The van der Waals surface area contributed by atoms with E-state index in [1.54, 1.807) is 0 Å². The Bertz CT molecular complexity index is 865. The summed E-state index contributed by atoms with van der Waals surface area (Å²) in [6.07, 6.45) is 1.38. The third kappa shape index (κ3) is 5.47. The van der Waals surface area contributed by atoms with Crippen LogP contribution in [0, 0.1) is 0 Å². The molecule has 0 saturated carbocycles. The number of fused-ring (bicyclic) bond motifs is 1. The van der Waals surface area contributed by atoms with Gasteiger partial charge in [-0.15, -0.1) is 0 Å². The Morgan fingerprint density at radius 1 is 1.14 bits per heavy atom. The number of para-hydroxylation sites is 1. The monoisotopic (exact) mass is 395 g/mol. The first-order chi connectivity index (χ1) is 13.5. The van der Waals surface area contributed by atoms with Crippen LogP contribution in [0.1, 0.15) is 19.4 Å². The number of thioether (sulfide) groups is 1. The SMILES string of the molecule is CC(C)N(CCNC(=O)C=C1Sc2ccccc2NC1=O)Cc1ccccc1. The number of hydrogen-bond acceptors (Lipinski definition) is 4. The lowest BCUT2D eigenvalue weighted by atomic mass is 10.2. The van der Waals surface area contributed by atoms with Crippen LogP contribution in [-0.4, -0.2) is 35.8 Å². The molecule has 0 bridgehead atoms. The molecule has 1 heterocycles. The molecule has 28 heavy (non-hydrogen) atoms. The molecule has 5 nitrogen and oxygen atoms in total. The van der Waals surface area contributed by atoms with E-state index in [2.05, 4.69) is 41.5 Å². The summed E-state index contributed by atoms with van der Waals surface area (Å²) in [7, 11) is 0. The Morgan fingerprint density at radius 3 is 2.61 bits per heavy atom. The number of nitrogens with one attached hydrogen (secondary N) is 2. The van der Waals surface area contributed by atoms with Gasteiger partial charge in [0.2, 0.25) is 5.91 Å². The number of carbonyl (C=O) groups is 2. The Balaban J connectivity index is 1.53. The number of nitrogens with zero attached hydrogens (tertiary/aromatic N) is 1. The fraction of sp³-hybridized carbons (Fsp3) is 0.273. The van der Waals surface area contributed by atoms with E-state index in [4.69, 9.17) is 0 Å². The molecule has 0 saturated heterocycles. The fourth-order valence-corrected chi connectivity index (χ4v) is 3.86. The smallest absolute Gasteiger partial charge is 0.262 e. The van der Waals surface area contributed by atoms with Gasteiger partial charge >= 0.3 is 0 Å². The molecule has 0 atom stereocenters. The van der Waals surface area contributed by atoms with Crippen molar-refractivity contribution < 1.29 is 9.59 Å². The van der Waals surface area contributed by atoms with Gasteiger partial charge in [0.1, 0.15) is 0 Å². The second-order valence-electron chi connectivity index (χ2n) is 6.90. The molecule has 0 spiro atoms. The summed E-state index contributed by atoms with van der Waals surface area (Å²) in [6, 6.07) is 18.2. The standard InChI is InChI=1S/C22H25N3O2S/c1-16(2)25(15-17-8-4-3-5-9-17)13-12-23-21(26)14-20-22(27)24-18-10-6-7-11-19(18)28-20/h3-11,14,16H,12-13,15H2,1-2H3,(H,23,26)(H,24,27). The van der Waals surface area contributed by atoms with Gasteiger partial charge in [0.25, 0.3) is 5.91 Å². The highest BCUT2D eigenvalue weighted by atomic mass is 32.2. The summed E-state index contributed by atoms with van der Waals surface area (Å²) in [4.78, 5) is 28.1. The van der Waals surface area contributed by atoms with Gasteiger partial charge in [-0.2, -0.15) is 0 Å². The molecule has 2 N–H and O–H groups in total. The van der Waals surface area contributed by atoms with E-state index in [1.807, 2.05) is 42.5 Å². The summed E-state index contributed by atoms with van der Waals surface area (Å²) in [5, 5.41) is 5.71. The van der Waals surface area contributed by atoms with Crippen molar-refractivity contribution in [1.29, 1.82) is 0 Å². The molecular weight excluding hydrogens is 370 g/mol. The fourth-order valence-electron chi connectivity index (χ4n) is 2.93. The summed E-state index contributed by atoms with van der Waals surface area (Å²) in [6.45, 7) is 6.39. The van der Waals surface area contributed by atoms with Gasteiger partial charge < -0.3 is 10.6 Å². The van der Waals surface area contributed by atoms with Crippen molar-refractivity contribution in [3.05, 3.63) is 71.1 Å². The molecule has 0 fully saturated rings. The molecule has 0 radical (unpaired) electrons. The molecule has 0 aliphatic carbocycles. The van der Waals surface area contributed by atoms with Gasteiger partial charge in [-0.1, -0.05) is 54.2 Å². The zero-order valence-electron chi connectivity index (χ0n) is 16.1. The number of rotatable bonds is 7. The highest BCUT2D eigenvalue weighted by Crippen LogP contribution is 2.37. The second-order valence-corrected chi connectivity index (χ2v) is 7.99. The Labute approximate surface area is 170 Å². The maximum absolute atomic E-state index is 12.3. The van der Waals surface area contributed by atoms with E-state index < -0.39 is 0 Å². The summed E-state index contributed by atoms with van der Waals surface area (Å²) >= 11 is 1.32. The quantitative estimate of drug-likeness (QED) is 0.703. The van der Waals surface area contributed by atoms with Crippen LogP contribution < -0.4 is 10.6 Å². The first-order valence-corrected chi connectivity index (χ1v) is 10.2. The average Bonchev–Trinajstić information content (AvgIpc) is 2.68. The van der Waals surface area contributed by atoms with E-state index in [0.29, 0.717) is 17.5 Å². The molecule has 2 aromatic rings. The van der Waals surface area contributed by atoms with E-state index in [9.17, 15) is 9.59 Å². The maximum Gasteiger partial charge on any atom is 0.262 e. The van der Waals surface area contributed by atoms with E-state index in [0.717, 1.165) is 23.7 Å². The van der Waals surface area contributed by atoms with E-state index in [1.165, 1.54) is 23.4 Å². The normalized spacial score (nSPS) is 14.9. The number of anilines is 1. The number of hydrogen-bond donors (Lipinski definition) is 2. The predicted octanol–water partition coefficient (Wildman–Crippen LogP) is 3.64. The van der Waals surface area contributed by atoms with Gasteiger partial charge in [0.05, 0.1) is 10.6 Å². The number of benzene rings is 2. The molecule has 146 valence electrons. The van der Waals surface area contributed by atoms with E-state index in [-0.39, 0.29) is 11.8 Å². The van der Waals surface area contributed by atoms with Crippen LogP contribution in [0.5, 0.6) is 0 Å². The first-order valence-electron chi connectivity index (χ1n) is 9.38. The topological polar surface area (TPSA) is 61.4 Å². The van der Waals surface area contributed by atoms with Crippen LogP contribution in [0.2, 0.25) is 0 Å². The summed E-state index contributed by atoms with van der Waals surface area (Å²) in [5.74, 6) is -0.493. The van der Waals surface area contributed by atoms with Crippen molar-refractivity contribution in [2.24, 2.45) is 0 Å². The third-order valence-electron chi connectivity index (χ3n) is 4.50. The lowest BCUT2D eigenvalue weighted by Crippen LogP contribution is -2.38. The van der Waals surface area contributed by atoms with Crippen LogP contribution in [0.4, 0.5) is 5.69 Å². The van der Waals surface area contributed by atoms with Crippen LogP contribution in [0.25, 0.3) is 0 Å². The third-order valence-corrected chi connectivity index (χ3v) is 5.60. The van der Waals surface area contributed by atoms with E-state index >= 15 is 0 Å². The second kappa shape index (κ2) is 9.57. The summed E-state index contributed by atoms with van der Waals surface area (Å²) in [5.41, 5.74) is 2.03. The molecule has 1 aliphatic heterocycles. The molecule has 6 heteroatoms. The van der Waals surface area contributed by atoms with Crippen molar-refractivity contribution in [2.45, 2.75) is 31.3 Å². The molecule has 2 amide bonds.